The molecule has 1 heterocycles. The number of nitrogens with two attached hydrogens (primary N) is 1. The van der Waals surface area contributed by atoms with Crippen molar-refractivity contribution < 1.29 is 4.74 Å². The number of nitrogens with zero attached hydrogens (tertiary/aromatic N) is 3. The summed E-state index contributed by atoms with van der Waals surface area (Å²) < 4.78 is 7.41. The first kappa shape index (κ1) is 19.1. The highest BCUT2D eigenvalue weighted by atomic mass is 35.5. The second-order valence-corrected chi connectivity index (χ2v) is 7.32. The normalized spacial score (nSPS) is 10.8. The van der Waals surface area contributed by atoms with Gasteiger partial charge < -0.3 is 10.5 Å². The molecule has 5 nitrogen and oxygen atoms in total. The minimum absolute atomic E-state index is 0.206. The van der Waals surface area contributed by atoms with Crippen molar-refractivity contribution in [2.24, 2.45) is 0 Å². The molecule has 3 aromatic carbocycles. The smallest absolute Gasteiger partial charge is 0.253 e. The first-order chi connectivity index (χ1) is 14.1. The highest BCUT2D eigenvalue weighted by Gasteiger charge is 2.18. The van der Waals surface area contributed by atoms with Gasteiger partial charge in [0.05, 0.1) is 16.6 Å². The zero-order valence-electron chi connectivity index (χ0n) is 15.3. The number of rotatable bonds is 5. The third-order valence-electron chi connectivity index (χ3n) is 4.63. The van der Waals surface area contributed by atoms with Crippen molar-refractivity contribution in [1.82, 2.24) is 9.78 Å². The van der Waals surface area contributed by atoms with Gasteiger partial charge in [-0.25, -0.2) is 4.68 Å². The van der Waals surface area contributed by atoms with E-state index in [1.165, 1.54) is 4.68 Å². The van der Waals surface area contributed by atoms with Crippen molar-refractivity contribution in [3.63, 3.8) is 0 Å². The summed E-state index contributed by atoms with van der Waals surface area (Å²) in [6.45, 7) is 0.619. The van der Waals surface area contributed by atoms with Crippen LogP contribution in [0.3, 0.4) is 0 Å². The summed E-state index contributed by atoms with van der Waals surface area (Å²) in [5, 5.41) is 17.1. The molecular weight excluding hydrogens is 407 g/mol. The molecular formula is C22H16Cl2N4O. The third kappa shape index (κ3) is 3.86. The lowest BCUT2D eigenvalue weighted by atomic mass is 10.1. The highest BCUT2D eigenvalue weighted by Crippen LogP contribution is 2.28. The molecule has 0 saturated carbocycles. The van der Waals surface area contributed by atoms with Crippen LogP contribution in [0, 0.1) is 11.3 Å². The quantitative estimate of drug-likeness (QED) is 0.465. The molecule has 4 rings (SSSR count). The van der Waals surface area contributed by atoms with E-state index in [1.54, 1.807) is 12.1 Å². The number of fused-ring (bicyclic) bond motifs is 1. The number of nitrogen functional groups attached to an aromatic ring is 1. The topological polar surface area (TPSA) is 76.9 Å². The van der Waals surface area contributed by atoms with Gasteiger partial charge in [0, 0.05) is 0 Å². The Labute approximate surface area is 177 Å². The van der Waals surface area contributed by atoms with Crippen molar-refractivity contribution in [3.05, 3.63) is 87.4 Å². The maximum absolute atomic E-state index is 9.53. The fourth-order valence-electron chi connectivity index (χ4n) is 3.15. The van der Waals surface area contributed by atoms with Crippen LogP contribution in [0.5, 0.6) is 5.88 Å². The molecule has 0 aliphatic heterocycles. The Kier molecular flexibility index (Phi) is 5.30. The molecule has 0 saturated heterocycles. The Hall–Kier alpha value is -3.20. The SMILES string of the molecule is N#Cc1c(OCc2cccc3ccccc23)nn(Cc2ccc(Cl)c(Cl)c2)c1N. The average Bonchev–Trinajstić information content (AvgIpc) is 3.03. The number of nitriles is 1. The number of hydrogen-bond acceptors (Lipinski definition) is 4. The van der Waals surface area contributed by atoms with E-state index in [0.29, 0.717) is 16.6 Å². The van der Waals surface area contributed by atoms with E-state index in [4.69, 9.17) is 33.7 Å². The maximum atomic E-state index is 9.53. The van der Waals surface area contributed by atoms with E-state index in [0.717, 1.165) is 21.9 Å². The summed E-state index contributed by atoms with van der Waals surface area (Å²) in [5.41, 5.74) is 8.21. The molecule has 0 spiro atoms. The van der Waals surface area contributed by atoms with Crippen molar-refractivity contribution >= 4 is 39.8 Å². The van der Waals surface area contributed by atoms with Crippen LogP contribution in [-0.2, 0) is 13.2 Å². The van der Waals surface area contributed by atoms with Crippen LogP contribution in [0.4, 0.5) is 5.82 Å². The van der Waals surface area contributed by atoms with E-state index >= 15 is 0 Å². The zero-order valence-corrected chi connectivity index (χ0v) is 16.8. The number of halogens is 2. The van der Waals surface area contributed by atoms with Gasteiger partial charge >= 0.3 is 0 Å². The predicted octanol–water partition coefficient (Wildman–Crippen LogP) is 5.42. The summed E-state index contributed by atoms with van der Waals surface area (Å²) in [7, 11) is 0. The van der Waals surface area contributed by atoms with Crippen LogP contribution >= 0.6 is 23.2 Å². The third-order valence-corrected chi connectivity index (χ3v) is 5.37. The van der Waals surface area contributed by atoms with Crippen molar-refractivity contribution in [1.29, 1.82) is 5.26 Å². The van der Waals surface area contributed by atoms with Crippen molar-refractivity contribution in [2.75, 3.05) is 5.73 Å². The molecule has 0 atom stereocenters. The lowest BCUT2D eigenvalue weighted by Gasteiger charge is -2.07. The Balaban J connectivity index is 1.60. The maximum Gasteiger partial charge on any atom is 0.253 e. The second-order valence-electron chi connectivity index (χ2n) is 6.51. The molecule has 4 aromatic rings. The number of ether oxygens (including phenoxy) is 1. The monoisotopic (exact) mass is 422 g/mol. The van der Waals surface area contributed by atoms with Gasteiger partial charge in [0.2, 0.25) is 0 Å². The zero-order chi connectivity index (χ0) is 20.4. The minimum atomic E-state index is 0.206. The van der Waals surface area contributed by atoms with E-state index in [2.05, 4.69) is 11.2 Å². The first-order valence-corrected chi connectivity index (χ1v) is 9.62. The van der Waals surface area contributed by atoms with Gasteiger partial charge in [-0.2, -0.15) is 5.26 Å². The fourth-order valence-corrected chi connectivity index (χ4v) is 3.47. The standard InChI is InChI=1S/C22H16Cl2N4O/c23-19-9-8-14(10-20(19)24)12-28-21(26)18(11-25)22(27-28)29-13-16-6-3-5-15-4-1-2-7-17(15)16/h1-10H,12-13,26H2. The van der Waals surface area contributed by atoms with Crippen LogP contribution in [0.15, 0.2) is 60.7 Å². The molecule has 29 heavy (non-hydrogen) atoms. The average molecular weight is 423 g/mol. The first-order valence-electron chi connectivity index (χ1n) is 8.86. The van der Waals surface area contributed by atoms with Crippen LogP contribution in [0.1, 0.15) is 16.7 Å². The lowest BCUT2D eigenvalue weighted by Crippen LogP contribution is -2.06. The molecule has 0 fully saturated rings. The fraction of sp³-hybridized carbons (Fsp3) is 0.0909. The Bertz CT molecular complexity index is 1240. The molecule has 144 valence electrons. The van der Waals surface area contributed by atoms with E-state index in [1.807, 2.05) is 48.5 Å². The molecule has 7 heteroatoms. The summed E-state index contributed by atoms with van der Waals surface area (Å²) >= 11 is 12.0. The summed E-state index contributed by atoms with van der Waals surface area (Å²) in [6, 6.07) is 21.4. The molecule has 0 radical (unpaired) electrons. The summed E-state index contributed by atoms with van der Waals surface area (Å²) in [4.78, 5) is 0. The number of benzene rings is 3. The van der Waals surface area contributed by atoms with Crippen LogP contribution in [0.2, 0.25) is 10.0 Å². The summed E-state index contributed by atoms with van der Waals surface area (Å²) in [6.07, 6.45) is 0. The molecule has 0 amide bonds. The van der Waals surface area contributed by atoms with Crippen LogP contribution in [-0.4, -0.2) is 9.78 Å². The van der Waals surface area contributed by atoms with Gasteiger partial charge in [-0.1, -0.05) is 71.7 Å². The van der Waals surface area contributed by atoms with Gasteiger partial charge in [0.25, 0.3) is 5.88 Å². The van der Waals surface area contributed by atoms with Gasteiger partial charge in [-0.15, -0.1) is 5.10 Å². The Morgan fingerprint density at radius 2 is 1.83 bits per heavy atom. The van der Waals surface area contributed by atoms with Gasteiger partial charge in [0.15, 0.2) is 5.56 Å². The highest BCUT2D eigenvalue weighted by molar-refractivity contribution is 6.42. The van der Waals surface area contributed by atoms with E-state index < -0.39 is 0 Å². The van der Waals surface area contributed by atoms with Gasteiger partial charge in [-0.3, -0.25) is 0 Å². The molecule has 0 bridgehead atoms. The lowest BCUT2D eigenvalue weighted by molar-refractivity contribution is 0.290. The van der Waals surface area contributed by atoms with Gasteiger partial charge in [-0.05, 0) is 34.0 Å². The molecule has 0 aliphatic carbocycles. The molecule has 1 aromatic heterocycles. The largest absolute Gasteiger partial charge is 0.471 e. The van der Waals surface area contributed by atoms with Crippen molar-refractivity contribution in [3.8, 4) is 11.9 Å². The Morgan fingerprint density at radius 3 is 2.62 bits per heavy atom. The second kappa shape index (κ2) is 8.04. The van der Waals surface area contributed by atoms with Gasteiger partial charge in [0.1, 0.15) is 18.5 Å². The molecule has 2 N–H and O–H groups in total. The number of hydrogen-bond donors (Lipinski definition) is 1. The minimum Gasteiger partial charge on any atom is -0.471 e. The predicted molar refractivity (Wildman–Crippen MR) is 115 cm³/mol. The van der Waals surface area contributed by atoms with E-state index in [9.17, 15) is 5.26 Å². The molecule has 0 aliphatic rings. The summed E-state index contributed by atoms with van der Waals surface area (Å²) in [5.74, 6) is 0.449. The van der Waals surface area contributed by atoms with E-state index in [-0.39, 0.29) is 23.9 Å². The number of aromatic nitrogens is 2. The molecule has 0 unspecified atom stereocenters. The van der Waals surface area contributed by atoms with Crippen LogP contribution in [0.25, 0.3) is 10.8 Å². The number of anilines is 1. The van der Waals surface area contributed by atoms with Crippen molar-refractivity contribution in [2.45, 2.75) is 13.2 Å². The van der Waals surface area contributed by atoms with Crippen LogP contribution < -0.4 is 10.5 Å². The Morgan fingerprint density at radius 1 is 1.03 bits per heavy atom.